The van der Waals surface area contributed by atoms with Crippen molar-refractivity contribution in [2.75, 3.05) is 37.5 Å². The molecule has 0 bridgehead atoms. The molecule has 1 aromatic carbocycles. The van der Waals surface area contributed by atoms with Gasteiger partial charge in [0.25, 0.3) is 0 Å². The minimum Gasteiger partial charge on any atom is -0.497 e. The molecule has 1 heterocycles. The number of anilines is 3. The van der Waals surface area contributed by atoms with E-state index in [1.54, 1.807) is 20.4 Å². The lowest BCUT2D eigenvalue weighted by Crippen LogP contribution is -2.27. The average Bonchev–Trinajstić information content (AvgIpc) is 2.62. The first-order valence-electron chi connectivity index (χ1n) is 8.28. The van der Waals surface area contributed by atoms with Crippen LogP contribution in [-0.4, -0.2) is 37.3 Å². The number of hydrogen-bond acceptors (Lipinski definition) is 6. The molecule has 0 radical (unpaired) electrons. The van der Waals surface area contributed by atoms with E-state index in [2.05, 4.69) is 34.0 Å². The number of ether oxygens (including phenoxy) is 2. The Bertz CT molecular complexity index is 643. The summed E-state index contributed by atoms with van der Waals surface area (Å²) in [5.74, 6) is 2.93. The predicted molar refractivity (Wildman–Crippen MR) is 97.7 cm³/mol. The zero-order valence-electron chi connectivity index (χ0n) is 14.9. The van der Waals surface area contributed by atoms with Crippen molar-refractivity contribution in [1.29, 1.82) is 0 Å². The third-order valence-electron chi connectivity index (χ3n) is 3.58. The Kier molecular flexibility index (Phi) is 6.66. The quantitative estimate of drug-likeness (QED) is 0.753. The molecule has 1 aromatic heterocycles. The maximum absolute atomic E-state index is 5.42. The van der Waals surface area contributed by atoms with E-state index in [0.29, 0.717) is 5.75 Å². The maximum Gasteiger partial charge on any atom is 0.227 e. The molecule has 0 fully saturated rings. The van der Waals surface area contributed by atoms with Crippen LogP contribution in [-0.2, 0) is 0 Å². The number of methoxy groups -OCH3 is 2. The summed E-state index contributed by atoms with van der Waals surface area (Å²) in [4.78, 5) is 11.3. The van der Waals surface area contributed by atoms with Crippen molar-refractivity contribution >= 4 is 17.5 Å². The predicted octanol–water partition coefficient (Wildman–Crippen LogP) is 3.86. The summed E-state index contributed by atoms with van der Waals surface area (Å²) in [6.45, 7) is 6.21. The smallest absolute Gasteiger partial charge is 0.227 e. The van der Waals surface area contributed by atoms with Crippen LogP contribution in [0.15, 0.2) is 30.5 Å². The van der Waals surface area contributed by atoms with E-state index in [9.17, 15) is 0 Å². The van der Waals surface area contributed by atoms with Gasteiger partial charge in [0, 0.05) is 25.4 Å². The topological polar surface area (TPSA) is 59.5 Å². The first kappa shape index (κ1) is 17.8. The van der Waals surface area contributed by atoms with E-state index in [4.69, 9.17) is 9.47 Å². The summed E-state index contributed by atoms with van der Waals surface area (Å²) in [5.41, 5.74) is 0.834. The fraction of sp³-hybridized carbons (Fsp3) is 0.444. The molecule has 0 spiro atoms. The molecule has 2 aromatic rings. The second-order valence-corrected chi connectivity index (χ2v) is 5.42. The van der Waals surface area contributed by atoms with Crippen molar-refractivity contribution in [2.45, 2.75) is 26.7 Å². The van der Waals surface area contributed by atoms with E-state index >= 15 is 0 Å². The zero-order chi connectivity index (χ0) is 17.4. The van der Waals surface area contributed by atoms with Crippen LogP contribution in [0, 0.1) is 0 Å². The normalized spacial score (nSPS) is 10.3. The average molecular weight is 330 g/mol. The van der Waals surface area contributed by atoms with Gasteiger partial charge in [0.15, 0.2) is 0 Å². The molecule has 0 unspecified atom stereocenters. The Hall–Kier alpha value is -2.50. The van der Waals surface area contributed by atoms with Gasteiger partial charge in [-0.2, -0.15) is 4.98 Å². The SMILES string of the molecule is CCCN(CCC)c1nccc(Nc2ccc(OC)cc2OC)n1. The maximum atomic E-state index is 5.42. The molecule has 2 rings (SSSR count). The molecule has 6 heteroatoms. The lowest BCUT2D eigenvalue weighted by atomic mass is 10.2. The zero-order valence-corrected chi connectivity index (χ0v) is 14.9. The lowest BCUT2D eigenvalue weighted by molar-refractivity contribution is 0.395. The summed E-state index contributed by atoms with van der Waals surface area (Å²) >= 11 is 0. The largest absolute Gasteiger partial charge is 0.497 e. The van der Waals surface area contributed by atoms with Crippen LogP contribution in [0.4, 0.5) is 17.5 Å². The summed E-state index contributed by atoms with van der Waals surface area (Å²) in [7, 11) is 3.27. The monoisotopic (exact) mass is 330 g/mol. The van der Waals surface area contributed by atoms with Crippen LogP contribution in [0.5, 0.6) is 11.5 Å². The summed E-state index contributed by atoms with van der Waals surface area (Å²) in [6.07, 6.45) is 3.90. The van der Waals surface area contributed by atoms with Crippen LogP contribution < -0.4 is 19.7 Å². The minimum absolute atomic E-state index is 0.702. The third kappa shape index (κ3) is 4.50. The van der Waals surface area contributed by atoms with E-state index < -0.39 is 0 Å². The molecule has 0 aliphatic heterocycles. The second kappa shape index (κ2) is 8.96. The van der Waals surface area contributed by atoms with Gasteiger partial charge in [-0.05, 0) is 31.0 Å². The van der Waals surface area contributed by atoms with E-state index in [1.807, 2.05) is 24.3 Å². The number of benzene rings is 1. The summed E-state index contributed by atoms with van der Waals surface area (Å²) in [5, 5.41) is 3.30. The molecule has 0 saturated carbocycles. The molecule has 0 saturated heterocycles. The first-order chi connectivity index (χ1) is 11.7. The van der Waals surface area contributed by atoms with Crippen molar-refractivity contribution in [1.82, 2.24) is 9.97 Å². The van der Waals surface area contributed by atoms with Gasteiger partial charge in [-0.3, -0.25) is 0 Å². The highest BCUT2D eigenvalue weighted by molar-refractivity contribution is 5.66. The Morgan fingerprint density at radius 1 is 1.04 bits per heavy atom. The number of nitrogens with zero attached hydrogens (tertiary/aromatic N) is 3. The molecule has 0 amide bonds. The molecule has 0 aliphatic rings. The van der Waals surface area contributed by atoms with Gasteiger partial charge < -0.3 is 19.7 Å². The van der Waals surface area contributed by atoms with E-state index in [0.717, 1.165) is 49.1 Å². The van der Waals surface area contributed by atoms with Gasteiger partial charge in [0.1, 0.15) is 17.3 Å². The van der Waals surface area contributed by atoms with Gasteiger partial charge in [0.2, 0.25) is 5.95 Å². The van der Waals surface area contributed by atoms with E-state index in [1.165, 1.54) is 0 Å². The molecule has 6 nitrogen and oxygen atoms in total. The molecule has 0 atom stereocenters. The molecule has 1 N–H and O–H groups in total. The third-order valence-corrected chi connectivity index (χ3v) is 3.58. The van der Waals surface area contributed by atoms with Crippen LogP contribution >= 0.6 is 0 Å². The number of hydrogen-bond donors (Lipinski definition) is 1. The standard InChI is InChI=1S/C18H26N4O2/c1-5-11-22(12-6-2)18-19-10-9-17(21-18)20-15-8-7-14(23-3)13-16(15)24-4/h7-10,13H,5-6,11-12H2,1-4H3,(H,19,20,21). The van der Waals surface area contributed by atoms with Crippen LogP contribution in [0.2, 0.25) is 0 Å². The van der Waals surface area contributed by atoms with Crippen molar-refractivity contribution in [3.05, 3.63) is 30.5 Å². The van der Waals surface area contributed by atoms with Crippen LogP contribution in [0.3, 0.4) is 0 Å². The van der Waals surface area contributed by atoms with Gasteiger partial charge in [-0.15, -0.1) is 0 Å². The fourth-order valence-electron chi connectivity index (χ4n) is 2.46. The minimum atomic E-state index is 0.702. The van der Waals surface area contributed by atoms with Gasteiger partial charge >= 0.3 is 0 Å². The molecule has 130 valence electrons. The summed E-state index contributed by atoms with van der Waals surface area (Å²) in [6, 6.07) is 7.48. The van der Waals surface area contributed by atoms with Crippen molar-refractivity contribution in [3.63, 3.8) is 0 Å². The Morgan fingerprint density at radius 3 is 2.42 bits per heavy atom. The van der Waals surface area contributed by atoms with Gasteiger partial charge in [-0.25, -0.2) is 4.98 Å². The highest BCUT2D eigenvalue weighted by atomic mass is 16.5. The highest BCUT2D eigenvalue weighted by Crippen LogP contribution is 2.31. The molecule has 0 aliphatic carbocycles. The Morgan fingerprint density at radius 2 is 1.79 bits per heavy atom. The molecular weight excluding hydrogens is 304 g/mol. The summed E-state index contributed by atoms with van der Waals surface area (Å²) < 4.78 is 10.6. The van der Waals surface area contributed by atoms with E-state index in [-0.39, 0.29) is 0 Å². The van der Waals surface area contributed by atoms with Gasteiger partial charge in [0.05, 0.1) is 19.9 Å². The van der Waals surface area contributed by atoms with Crippen molar-refractivity contribution in [3.8, 4) is 11.5 Å². The Labute approximate surface area is 143 Å². The lowest BCUT2D eigenvalue weighted by Gasteiger charge is -2.21. The first-order valence-corrected chi connectivity index (χ1v) is 8.28. The van der Waals surface area contributed by atoms with Crippen LogP contribution in [0.1, 0.15) is 26.7 Å². The highest BCUT2D eigenvalue weighted by Gasteiger charge is 2.10. The molecule has 24 heavy (non-hydrogen) atoms. The number of rotatable bonds is 9. The van der Waals surface area contributed by atoms with Gasteiger partial charge in [-0.1, -0.05) is 13.8 Å². The Balaban J connectivity index is 2.23. The van der Waals surface area contributed by atoms with Crippen molar-refractivity contribution < 1.29 is 9.47 Å². The number of aromatic nitrogens is 2. The second-order valence-electron chi connectivity index (χ2n) is 5.42. The van der Waals surface area contributed by atoms with Crippen molar-refractivity contribution in [2.24, 2.45) is 0 Å². The number of nitrogens with one attached hydrogen (secondary N) is 1. The van der Waals surface area contributed by atoms with Crippen LogP contribution in [0.25, 0.3) is 0 Å². The molecular formula is C18H26N4O2. The fourth-order valence-corrected chi connectivity index (χ4v) is 2.46.